The number of nitrogens with zero attached hydrogens (tertiary/aromatic N) is 3. The average Bonchev–Trinajstić information content (AvgIpc) is 2.34. The third kappa shape index (κ3) is 5.07. The number of carbonyl (C=O) groups is 1. The maximum absolute atomic E-state index is 12.2. The van der Waals surface area contributed by atoms with E-state index in [1.165, 1.54) is 9.80 Å². The number of hydrogen-bond acceptors (Lipinski definition) is 3. The van der Waals surface area contributed by atoms with Crippen LogP contribution in [0.2, 0.25) is 0 Å². The second-order valence-electron chi connectivity index (χ2n) is 4.69. The first-order valence-electron chi connectivity index (χ1n) is 6.35. The fourth-order valence-electron chi connectivity index (χ4n) is 2.13. The smallest absolute Gasteiger partial charge is 0.339 e. The van der Waals surface area contributed by atoms with Crippen LogP contribution >= 0.6 is 0 Å². The normalized spacial score (nSPS) is 19.0. The lowest BCUT2D eigenvalue weighted by Gasteiger charge is -2.35. The molecule has 19 heavy (non-hydrogen) atoms. The molecular formula is C12H18F3N3O. The third-order valence-electron chi connectivity index (χ3n) is 3.12. The minimum absolute atomic E-state index is 0.204. The van der Waals surface area contributed by atoms with E-state index in [1.54, 1.807) is 0 Å². The van der Waals surface area contributed by atoms with Crippen LogP contribution in [-0.4, -0.2) is 54.6 Å². The number of carbonyl (C=O) groups excluding carboxylic acids is 1. The van der Waals surface area contributed by atoms with Crippen LogP contribution in [0.15, 0.2) is 0 Å². The quantitative estimate of drug-likeness (QED) is 0.784. The van der Waals surface area contributed by atoms with E-state index in [2.05, 4.69) is 0 Å². The van der Waals surface area contributed by atoms with Crippen LogP contribution in [0.5, 0.6) is 0 Å². The van der Waals surface area contributed by atoms with Crippen LogP contribution in [0.4, 0.5) is 13.2 Å². The monoisotopic (exact) mass is 277 g/mol. The standard InChI is InChI=1S/C12H18F3N3O/c1-2-3-10(8-16)11(19)18-6-4-17(5-7-18)9-12(13,14)15/h10H,2-7,9H2,1H3. The molecule has 1 aliphatic rings. The summed E-state index contributed by atoms with van der Waals surface area (Å²) in [4.78, 5) is 14.8. The van der Waals surface area contributed by atoms with Gasteiger partial charge in [-0.25, -0.2) is 0 Å². The number of rotatable bonds is 4. The molecular weight excluding hydrogens is 259 g/mol. The van der Waals surface area contributed by atoms with Crippen LogP contribution < -0.4 is 0 Å². The summed E-state index contributed by atoms with van der Waals surface area (Å²) in [6.07, 6.45) is -2.97. The molecule has 0 aromatic rings. The van der Waals surface area contributed by atoms with Crippen molar-refractivity contribution in [3.63, 3.8) is 0 Å². The minimum atomic E-state index is -4.20. The lowest BCUT2D eigenvalue weighted by Crippen LogP contribution is -2.52. The van der Waals surface area contributed by atoms with Gasteiger partial charge in [0.2, 0.25) is 5.91 Å². The minimum Gasteiger partial charge on any atom is -0.339 e. The highest BCUT2D eigenvalue weighted by Crippen LogP contribution is 2.18. The number of halogens is 3. The highest BCUT2D eigenvalue weighted by atomic mass is 19.4. The molecule has 0 saturated carbocycles. The lowest BCUT2D eigenvalue weighted by atomic mass is 10.0. The lowest BCUT2D eigenvalue weighted by molar-refractivity contribution is -0.152. The molecule has 0 N–H and O–H groups in total. The first-order valence-corrected chi connectivity index (χ1v) is 6.35. The fraction of sp³-hybridized carbons (Fsp3) is 0.833. The largest absolute Gasteiger partial charge is 0.401 e. The van der Waals surface area contributed by atoms with Gasteiger partial charge in [0, 0.05) is 26.2 Å². The van der Waals surface area contributed by atoms with E-state index >= 15 is 0 Å². The molecule has 0 bridgehead atoms. The molecule has 1 unspecified atom stereocenters. The molecule has 0 aliphatic carbocycles. The van der Waals surface area contributed by atoms with Crippen molar-refractivity contribution in [3.8, 4) is 6.07 Å². The average molecular weight is 277 g/mol. The van der Waals surface area contributed by atoms with Crippen LogP contribution in [0, 0.1) is 17.2 Å². The summed E-state index contributed by atoms with van der Waals surface area (Å²) in [7, 11) is 0. The zero-order valence-electron chi connectivity index (χ0n) is 10.9. The van der Waals surface area contributed by atoms with Gasteiger partial charge in [-0.15, -0.1) is 0 Å². The Hall–Kier alpha value is -1.29. The molecule has 0 aromatic carbocycles. The molecule has 4 nitrogen and oxygen atoms in total. The van der Waals surface area contributed by atoms with Gasteiger partial charge in [-0.1, -0.05) is 13.3 Å². The van der Waals surface area contributed by atoms with Gasteiger partial charge in [-0.05, 0) is 6.42 Å². The molecule has 1 fully saturated rings. The van der Waals surface area contributed by atoms with Gasteiger partial charge in [0.05, 0.1) is 12.6 Å². The van der Waals surface area contributed by atoms with Crippen molar-refractivity contribution >= 4 is 5.91 Å². The summed E-state index contributed by atoms with van der Waals surface area (Å²) in [6, 6.07) is 1.96. The van der Waals surface area contributed by atoms with E-state index in [4.69, 9.17) is 5.26 Å². The first kappa shape index (κ1) is 15.8. The van der Waals surface area contributed by atoms with Crippen molar-refractivity contribution in [2.24, 2.45) is 5.92 Å². The highest BCUT2D eigenvalue weighted by Gasteiger charge is 2.33. The molecule has 1 rings (SSSR count). The second-order valence-corrected chi connectivity index (χ2v) is 4.69. The van der Waals surface area contributed by atoms with E-state index < -0.39 is 18.6 Å². The number of alkyl halides is 3. The van der Waals surface area contributed by atoms with Gasteiger partial charge in [0.25, 0.3) is 0 Å². The van der Waals surface area contributed by atoms with Crippen molar-refractivity contribution in [1.29, 1.82) is 5.26 Å². The zero-order chi connectivity index (χ0) is 14.5. The van der Waals surface area contributed by atoms with Crippen LogP contribution in [-0.2, 0) is 4.79 Å². The zero-order valence-corrected chi connectivity index (χ0v) is 10.9. The van der Waals surface area contributed by atoms with Crippen molar-refractivity contribution in [1.82, 2.24) is 9.80 Å². The van der Waals surface area contributed by atoms with Crippen molar-refractivity contribution in [2.45, 2.75) is 25.9 Å². The predicted molar refractivity (Wildman–Crippen MR) is 63.1 cm³/mol. The summed E-state index contributed by atoms with van der Waals surface area (Å²) < 4.78 is 36.6. The third-order valence-corrected chi connectivity index (χ3v) is 3.12. The Morgan fingerprint density at radius 1 is 1.32 bits per heavy atom. The first-order chi connectivity index (χ1) is 8.87. The predicted octanol–water partition coefficient (Wildman–Crippen LogP) is 1.63. The summed E-state index contributed by atoms with van der Waals surface area (Å²) in [5, 5.41) is 8.91. The summed E-state index contributed by atoms with van der Waals surface area (Å²) in [5.74, 6) is -0.921. The summed E-state index contributed by atoms with van der Waals surface area (Å²) >= 11 is 0. The Morgan fingerprint density at radius 3 is 2.32 bits per heavy atom. The molecule has 7 heteroatoms. The summed E-state index contributed by atoms with van der Waals surface area (Å²) in [6.45, 7) is 1.88. The van der Waals surface area contributed by atoms with Crippen LogP contribution in [0.1, 0.15) is 19.8 Å². The van der Waals surface area contributed by atoms with Crippen molar-refractivity contribution < 1.29 is 18.0 Å². The molecule has 0 spiro atoms. The van der Waals surface area contributed by atoms with Gasteiger partial charge in [0.15, 0.2) is 0 Å². The molecule has 1 atom stereocenters. The Bertz CT molecular complexity index is 343. The number of amides is 1. The molecule has 108 valence electrons. The van der Waals surface area contributed by atoms with E-state index in [0.29, 0.717) is 6.42 Å². The summed E-state index contributed by atoms with van der Waals surface area (Å²) in [5.41, 5.74) is 0. The van der Waals surface area contributed by atoms with Crippen LogP contribution in [0.25, 0.3) is 0 Å². The molecule has 0 radical (unpaired) electrons. The maximum atomic E-state index is 12.2. The van der Waals surface area contributed by atoms with E-state index in [1.807, 2.05) is 13.0 Å². The Morgan fingerprint density at radius 2 is 1.89 bits per heavy atom. The Balaban J connectivity index is 2.45. The van der Waals surface area contributed by atoms with E-state index in [0.717, 1.165) is 6.42 Å². The molecule has 0 aromatic heterocycles. The van der Waals surface area contributed by atoms with E-state index in [-0.39, 0.29) is 32.1 Å². The molecule has 1 saturated heterocycles. The number of piperazine rings is 1. The van der Waals surface area contributed by atoms with Crippen molar-refractivity contribution in [3.05, 3.63) is 0 Å². The van der Waals surface area contributed by atoms with Gasteiger partial charge in [-0.2, -0.15) is 18.4 Å². The second kappa shape index (κ2) is 6.75. The fourth-order valence-corrected chi connectivity index (χ4v) is 2.13. The van der Waals surface area contributed by atoms with E-state index in [9.17, 15) is 18.0 Å². The topological polar surface area (TPSA) is 47.3 Å². The molecule has 1 heterocycles. The van der Waals surface area contributed by atoms with Crippen LogP contribution in [0.3, 0.4) is 0 Å². The SMILES string of the molecule is CCCC(C#N)C(=O)N1CCN(CC(F)(F)F)CC1. The highest BCUT2D eigenvalue weighted by molar-refractivity contribution is 5.81. The molecule has 1 aliphatic heterocycles. The Labute approximate surface area is 110 Å². The maximum Gasteiger partial charge on any atom is 0.401 e. The van der Waals surface area contributed by atoms with Gasteiger partial charge in [-0.3, -0.25) is 9.69 Å². The number of nitriles is 1. The van der Waals surface area contributed by atoms with Crippen molar-refractivity contribution in [2.75, 3.05) is 32.7 Å². The molecule has 1 amide bonds. The Kier molecular flexibility index (Phi) is 5.60. The van der Waals surface area contributed by atoms with Gasteiger partial charge < -0.3 is 4.90 Å². The number of hydrogen-bond donors (Lipinski definition) is 0. The van der Waals surface area contributed by atoms with Gasteiger partial charge >= 0.3 is 6.18 Å². The van der Waals surface area contributed by atoms with Gasteiger partial charge in [0.1, 0.15) is 5.92 Å².